The third-order valence-corrected chi connectivity index (χ3v) is 4.68. The first-order valence-corrected chi connectivity index (χ1v) is 9.61. The topological polar surface area (TPSA) is 71.3 Å². The summed E-state index contributed by atoms with van der Waals surface area (Å²) in [6, 6.07) is 19.5. The van der Waals surface area contributed by atoms with Crippen LogP contribution in [0.4, 0.5) is 10.1 Å². The van der Waals surface area contributed by atoms with Crippen molar-refractivity contribution in [3.8, 4) is 17.6 Å². The van der Waals surface area contributed by atoms with Crippen LogP contribution in [-0.4, -0.2) is 13.0 Å². The summed E-state index contributed by atoms with van der Waals surface area (Å²) in [5.74, 6) is -0.0871. The van der Waals surface area contributed by atoms with Crippen molar-refractivity contribution in [2.24, 2.45) is 0 Å². The van der Waals surface area contributed by atoms with Crippen LogP contribution in [0.25, 0.3) is 6.08 Å². The molecule has 1 amide bonds. The highest BCUT2D eigenvalue weighted by molar-refractivity contribution is 6.31. The number of carbonyl (C=O) groups is 1. The maximum atomic E-state index is 13.0. The fourth-order valence-electron chi connectivity index (χ4n) is 2.71. The molecule has 5 nitrogen and oxygen atoms in total. The lowest BCUT2D eigenvalue weighted by Crippen LogP contribution is -2.13. The summed E-state index contributed by atoms with van der Waals surface area (Å²) < 4.78 is 24.2. The number of halogens is 2. The Morgan fingerprint density at radius 3 is 2.55 bits per heavy atom. The lowest BCUT2D eigenvalue weighted by atomic mass is 10.1. The number of hydrogen-bond acceptors (Lipinski definition) is 4. The monoisotopic (exact) mass is 436 g/mol. The van der Waals surface area contributed by atoms with E-state index in [0.717, 1.165) is 5.56 Å². The third kappa shape index (κ3) is 5.84. The Balaban J connectivity index is 1.75. The van der Waals surface area contributed by atoms with E-state index in [0.29, 0.717) is 27.8 Å². The molecule has 0 aliphatic heterocycles. The molecule has 0 aliphatic carbocycles. The lowest BCUT2D eigenvalue weighted by Gasteiger charge is -2.12. The predicted molar refractivity (Wildman–Crippen MR) is 117 cm³/mol. The largest absolute Gasteiger partial charge is 0.493 e. The SMILES string of the molecule is COc1cc(/C=C(/C#N)C(=O)Nc2ccc(F)cc2)ccc1OCc1ccccc1Cl. The second kappa shape index (κ2) is 10.3. The molecule has 0 unspecified atom stereocenters. The van der Waals surface area contributed by atoms with Crippen molar-refractivity contribution in [3.05, 3.63) is 94.3 Å². The molecular weight excluding hydrogens is 419 g/mol. The molecule has 1 N–H and O–H groups in total. The summed E-state index contributed by atoms with van der Waals surface area (Å²) in [6.45, 7) is 0.259. The molecule has 0 heterocycles. The second-order valence-corrected chi connectivity index (χ2v) is 6.83. The number of methoxy groups -OCH3 is 1. The number of carbonyl (C=O) groups excluding carboxylic acids is 1. The molecular formula is C24H18ClFN2O3. The van der Waals surface area contributed by atoms with Gasteiger partial charge in [0.25, 0.3) is 5.91 Å². The van der Waals surface area contributed by atoms with Gasteiger partial charge in [0.05, 0.1) is 7.11 Å². The molecule has 0 saturated heterocycles. The summed E-state index contributed by atoms with van der Waals surface area (Å²) in [6.07, 6.45) is 1.43. The van der Waals surface area contributed by atoms with Crippen LogP contribution in [-0.2, 0) is 11.4 Å². The van der Waals surface area contributed by atoms with Gasteiger partial charge in [-0.15, -0.1) is 0 Å². The van der Waals surface area contributed by atoms with E-state index in [1.54, 1.807) is 24.3 Å². The van der Waals surface area contributed by atoms with Gasteiger partial charge in [0.1, 0.15) is 24.1 Å². The Bertz CT molecular complexity index is 1150. The molecule has 3 rings (SSSR count). The van der Waals surface area contributed by atoms with Crippen molar-refractivity contribution in [2.75, 3.05) is 12.4 Å². The third-order valence-electron chi connectivity index (χ3n) is 4.31. The van der Waals surface area contributed by atoms with Gasteiger partial charge in [-0.1, -0.05) is 35.9 Å². The van der Waals surface area contributed by atoms with E-state index in [1.165, 1.54) is 37.5 Å². The van der Waals surface area contributed by atoms with Gasteiger partial charge in [-0.3, -0.25) is 4.79 Å². The minimum Gasteiger partial charge on any atom is -0.493 e. The molecule has 3 aromatic rings. The number of nitrogens with zero attached hydrogens (tertiary/aromatic N) is 1. The molecule has 7 heteroatoms. The van der Waals surface area contributed by atoms with Gasteiger partial charge in [-0.05, 0) is 54.1 Å². The standard InChI is InChI=1S/C24H18ClFN2O3/c1-30-23-13-16(6-11-22(23)31-15-17-4-2-3-5-21(17)25)12-18(14-27)24(29)28-20-9-7-19(26)8-10-20/h2-13H,15H2,1H3,(H,28,29)/b18-12-. The zero-order valence-electron chi connectivity index (χ0n) is 16.6. The Morgan fingerprint density at radius 2 is 1.87 bits per heavy atom. The summed E-state index contributed by atoms with van der Waals surface area (Å²) in [5, 5.41) is 12.6. The molecule has 31 heavy (non-hydrogen) atoms. The first-order valence-electron chi connectivity index (χ1n) is 9.23. The van der Waals surface area contributed by atoms with E-state index in [1.807, 2.05) is 24.3 Å². The molecule has 0 atom stereocenters. The number of rotatable bonds is 7. The van der Waals surface area contributed by atoms with E-state index in [4.69, 9.17) is 21.1 Å². The summed E-state index contributed by atoms with van der Waals surface area (Å²) in [4.78, 5) is 12.4. The number of nitriles is 1. The molecule has 0 spiro atoms. The zero-order chi connectivity index (χ0) is 22.2. The van der Waals surface area contributed by atoms with Gasteiger partial charge in [-0.2, -0.15) is 5.26 Å². The first kappa shape index (κ1) is 21.9. The van der Waals surface area contributed by atoms with E-state index < -0.39 is 11.7 Å². The fourth-order valence-corrected chi connectivity index (χ4v) is 2.90. The van der Waals surface area contributed by atoms with Gasteiger partial charge >= 0.3 is 0 Å². The molecule has 0 saturated carbocycles. The fraction of sp³-hybridized carbons (Fsp3) is 0.0833. The molecule has 0 aromatic heterocycles. The zero-order valence-corrected chi connectivity index (χ0v) is 17.3. The highest BCUT2D eigenvalue weighted by Gasteiger charge is 2.12. The predicted octanol–water partition coefficient (Wildman–Crippen LogP) is 5.61. The average Bonchev–Trinajstić information content (AvgIpc) is 2.78. The number of ether oxygens (including phenoxy) is 2. The van der Waals surface area contributed by atoms with Crippen molar-refractivity contribution in [1.82, 2.24) is 0 Å². The van der Waals surface area contributed by atoms with Gasteiger partial charge in [0, 0.05) is 16.3 Å². The first-order chi connectivity index (χ1) is 15.0. The number of nitrogens with one attached hydrogen (secondary N) is 1. The highest BCUT2D eigenvalue weighted by Crippen LogP contribution is 2.30. The number of hydrogen-bond donors (Lipinski definition) is 1. The van der Waals surface area contributed by atoms with Crippen LogP contribution in [0.15, 0.2) is 72.3 Å². The van der Waals surface area contributed by atoms with Crippen LogP contribution >= 0.6 is 11.6 Å². The Kier molecular flexibility index (Phi) is 7.26. The number of anilines is 1. The lowest BCUT2D eigenvalue weighted by molar-refractivity contribution is -0.112. The van der Waals surface area contributed by atoms with E-state index in [2.05, 4.69) is 5.32 Å². The maximum Gasteiger partial charge on any atom is 0.266 e. The van der Waals surface area contributed by atoms with Crippen LogP contribution in [0.5, 0.6) is 11.5 Å². The Hall–Kier alpha value is -3.82. The van der Waals surface area contributed by atoms with E-state index >= 15 is 0 Å². The summed E-state index contributed by atoms with van der Waals surface area (Å²) >= 11 is 6.15. The summed E-state index contributed by atoms with van der Waals surface area (Å²) in [5.41, 5.74) is 1.68. The maximum absolute atomic E-state index is 13.0. The Morgan fingerprint density at radius 1 is 1.13 bits per heavy atom. The molecule has 3 aromatic carbocycles. The second-order valence-electron chi connectivity index (χ2n) is 6.42. The van der Waals surface area contributed by atoms with Crippen molar-refractivity contribution in [1.29, 1.82) is 5.26 Å². The van der Waals surface area contributed by atoms with E-state index in [-0.39, 0.29) is 12.2 Å². The van der Waals surface area contributed by atoms with E-state index in [9.17, 15) is 14.4 Å². The van der Waals surface area contributed by atoms with Crippen molar-refractivity contribution < 1.29 is 18.7 Å². The van der Waals surface area contributed by atoms with Gasteiger partial charge in [0.2, 0.25) is 0 Å². The smallest absolute Gasteiger partial charge is 0.266 e. The van der Waals surface area contributed by atoms with Gasteiger partial charge in [0.15, 0.2) is 11.5 Å². The minimum atomic E-state index is -0.605. The number of benzene rings is 3. The Labute approximate surface area is 184 Å². The van der Waals surface area contributed by atoms with Crippen molar-refractivity contribution in [3.63, 3.8) is 0 Å². The highest BCUT2D eigenvalue weighted by atomic mass is 35.5. The van der Waals surface area contributed by atoms with Crippen LogP contribution in [0, 0.1) is 17.1 Å². The quantitative estimate of drug-likeness (QED) is 0.386. The molecule has 0 fully saturated rings. The van der Waals surface area contributed by atoms with Crippen molar-refractivity contribution in [2.45, 2.75) is 6.61 Å². The van der Waals surface area contributed by atoms with Crippen LogP contribution in [0.3, 0.4) is 0 Å². The molecule has 0 aliphatic rings. The van der Waals surface area contributed by atoms with Gasteiger partial charge in [-0.25, -0.2) is 4.39 Å². The van der Waals surface area contributed by atoms with Gasteiger partial charge < -0.3 is 14.8 Å². The molecule has 0 radical (unpaired) electrons. The van der Waals surface area contributed by atoms with Crippen LogP contribution in [0.1, 0.15) is 11.1 Å². The van der Waals surface area contributed by atoms with Crippen LogP contribution in [0.2, 0.25) is 5.02 Å². The summed E-state index contributed by atoms with van der Waals surface area (Å²) in [7, 11) is 1.50. The minimum absolute atomic E-state index is 0.115. The van der Waals surface area contributed by atoms with Crippen LogP contribution < -0.4 is 14.8 Å². The average molecular weight is 437 g/mol. The molecule has 156 valence electrons. The number of amides is 1. The normalized spacial score (nSPS) is 10.8. The van der Waals surface area contributed by atoms with Crippen molar-refractivity contribution >= 4 is 29.3 Å². The molecule has 0 bridgehead atoms.